The number of nitrogen functional groups attached to an aromatic ring is 1. The van der Waals surface area contributed by atoms with E-state index >= 15 is 0 Å². The normalized spacial score (nSPS) is 16.1. The number of fused-ring (bicyclic) bond motifs is 2. The smallest absolute Gasteiger partial charge is 0.253 e. The van der Waals surface area contributed by atoms with Gasteiger partial charge in [0, 0.05) is 80.7 Å². The van der Waals surface area contributed by atoms with E-state index in [1.165, 1.54) is 43.2 Å². The van der Waals surface area contributed by atoms with Crippen molar-refractivity contribution in [3.8, 4) is 22.3 Å². The number of benzene rings is 2. The van der Waals surface area contributed by atoms with Gasteiger partial charge in [-0.05, 0) is 108 Å². The van der Waals surface area contributed by atoms with Crippen molar-refractivity contribution < 1.29 is 9.59 Å². The van der Waals surface area contributed by atoms with E-state index in [1.54, 1.807) is 23.2 Å². The largest absolute Gasteiger partial charge is 0.398 e. The zero-order chi connectivity index (χ0) is 34.1. The lowest BCUT2D eigenvalue weighted by atomic mass is 9.86. The maximum absolute atomic E-state index is 12.1. The second kappa shape index (κ2) is 13.8. The van der Waals surface area contributed by atoms with Crippen molar-refractivity contribution in [1.29, 1.82) is 0 Å². The molecule has 0 atom stereocenters. The second-order valence-corrected chi connectivity index (χ2v) is 13.9. The first-order chi connectivity index (χ1) is 23.0. The van der Waals surface area contributed by atoms with Crippen LogP contribution in [0.4, 0.5) is 11.4 Å². The molecule has 0 aliphatic heterocycles. The fraction of sp³-hybridized carbons (Fsp3) is 0.400. The summed E-state index contributed by atoms with van der Waals surface area (Å²) in [4.78, 5) is 47.5. The Morgan fingerprint density at radius 2 is 1.12 bits per heavy atom. The van der Waals surface area contributed by atoms with Crippen molar-refractivity contribution in [3.63, 3.8) is 0 Å². The number of ketones is 2. The minimum atomic E-state index is 0.00952. The Labute approximate surface area is 282 Å². The Morgan fingerprint density at radius 3 is 1.67 bits per heavy atom. The number of nitrogens with two attached hydrogens (primary N) is 1. The van der Waals surface area contributed by atoms with E-state index in [1.807, 2.05) is 44.4 Å². The summed E-state index contributed by atoms with van der Waals surface area (Å²) in [5, 5.41) is 3.76. The molecule has 7 rings (SSSR count). The first kappa shape index (κ1) is 33.2. The molecule has 3 N–H and O–H groups in total. The number of hydrogen-bond acceptors (Lipinski definition) is 6. The summed E-state index contributed by atoms with van der Waals surface area (Å²) in [5.41, 5.74) is 18.2. The van der Waals surface area contributed by atoms with Gasteiger partial charge in [-0.2, -0.15) is 0 Å². The molecule has 1 fully saturated rings. The minimum absolute atomic E-state index is 0.00952. The molecule has 0 amide bonds. The number of Topliss-reactive ketones (excluding diaryl/α,β-unsaturated/α-hetero) is 2. The van der Waals surface area contributed by atoms with Crippen molar-refractivity contribution in [2.24, 2.45) is 14.1 Å². The lowest BCUT2D eigenvalue weighted by Gasteiger charge is -2.28. The fourth-order valence-corrected chi connectivity index (χ4v) is 7.48. The third-order valence-corrected chi connectivity index (χ3v) is 10.2. The molecular weight excluding hydrogens is 600 g/mol. The van der Waals surface area contributed by atoms with Crippen LogP contribution in [0.3, 0.4) is 0 Å². The van der Waals surface area contributed by atoms with E-state index in [9.17, 15) is 19.2 Å². The Morgan fingerprint density at radius 1 is 0.625 bits per heavy atom. The highest BCUT2D eigenvalue weighted by molar-refractivity contribution is 5.87. The SMILES string of the molecule is Cc1cc(-c2cc(N)c3c(c2)CCC(=O)C3)cn(C)c1=O.Cc1cc(-c2cc3c(c(NC4CCCCC4)c2)CC(=O)CC3)cn(C)c1=O. The molecule has 0 spiro atoms. The molecule has 2 heterocycles. The van der Waals surface area contributed by atoms with Gasteiger partial charge in [0.15, 0.2) is 0 Å². The summed E-state index contributed by atoms with van der Waals surface area (Å²) >= 11 is 0. The highest BCUT2D eigenvalue weighted by Crippen LogP contribution is 2.35. The molecule has 2 aromatic heterocycles. The van der Waals surface area contributed by atoms with Gasteiger partial charge in [0.1, 0.15) is 11.6 Å². The first-order valence-electron chi connectivity index (χ1n) is 17.2. The predicted molar refractivity (Wildman–Crippen MR) is 193 cm³/mol. The lowest BCUT2D eigenvalue weighted by Crippen LogP contribution is -2.25. The van der Waals surface area contributed by atoms with Crippen molar-refractivity contribution >= 4 is 22.9 Å². The van der Waals surface area contributed by atoms with Gasteiger partial charge >= 0.3 is 0 Å². The summed E-state index contributed by atoms with van der Waals surface area (Å²) in [6.07, 6.45) is 13.8. The Balaban J connectivity index is 0.000000173. The number of hydrogen-bond donors (Lipinski definition) is 2. The van der Waals surface area contributed by atoms with Crippen molar-refractivity contribution in [1.82, 2.24) is 9.13 Å². The molecule has 8 nitrogen and oxygen atoms in total. The minimum Gasteiger partial charge on any atom is -0.398 e. The lowest BCUT2D eigenvalue weighted by molar-refractivity contribution is -0.119. The molecule has 2 aromatic carbocycles. The highest BCUT2D eigenvalue weighted by atomic mass is 16.1. The second-order valence-electron chi connectivity index (χ2n) is 13.9. The van der Waals surface area contributed by atoms with Crippen LogP contribution < -0.4 is 22.2 Å². The van der Waals surface area contributed by atoms with Crippen molar-refractivity contribution in [2.75, 3.05) is 11.1 Å². The Bertz CT molecular complexity index is 1980. The van der Waals surface area contributed by atoms with Crippen LogP contribution in [0.25, 0.3) is 22.3 Å². The molecule has 0 bridgehead atoms. The molecule has 4 aromatic rings. The quantitative estimate of drug-likeness (QED) is 0.257. The first-order valence-corrected chi connectivity index (χ1v) is 17.2. The van der Waals surface area contributed by atoms with E-state index < -0.39 is 0 Å². The van der Waals surface area contributed by atoms with Gasteiger partial charge in [0.05, 0.1) is 0 Å². The highest BCUT2D eigenvalue weighted by Gasteiger charge is 2.23. The molecule has 0 radical (unpaired) electrons. The number of aromatic nitrogens is 2. The third-order valence-electron chi connectivity index (χ3n) is 10.2. The maximum Gasteiger partial charge on any atom is 0.253 e. The summed E-state index contributed by atoms with van der Waals surface area (Å²) in [7, 11) is 3.55. The molecule has 250 valence electrons. The molecule has 3 aliphatic carbocycles. The topological polar surface area (TPSA) is 116 Å². The van der Waals surface area contributed by atoms with Crippen LogP contribution >= 0.6 is 0 Å². The van der Waals surface area contributed by atoms with Crippen molar-refractivity contribution in [2.45, 2.75) is 90.5 Å². The number of carbonyl (C=O) groups is 2. The number of nitrogens with zero attached hydrogens (tertiary/aromatic N) is 2. The molecule has 48 heavy (non-hydrogen) atoms. The van der Waals surface area contributed by atoms with Crippen LogP contribution in [0.1, 0.15) is 78.3 Å². The zero-order valence-electron chi connectivity index (χ0n) is 28.6. The Kier molecular flexibility index (Phi) is 9.54. The molecular formula is C40H46N4O4. The fourth-order valence-electron chi connectivity index (χ4n) is 7.48. The Hall–Kier alpha value is -4.72. The number of rotatable bonds is 4. The standard InChI is InChI=1S/C23H28N2O2.C17H18N2O2/c1-15-10-18(14-25(2)23(15)27)17-11-16-8-9-20(26)13-21(16)22(12-17)24-19-6-4-3-5-7-19;1-10-5-13(9-19(2)17(10)21)12-6-11-3-4-14(20)8-15(11)16(18)7-12/h10-12,14,19,24H,3-9,13H2,1-2H3;5-7,9H,3-4,8,18H2,1-2H3. The van der Waals surface area contributed by atoms with E-state index in [2.05, 4.69) is 23.5 Å². The van der Waals surface area contributed by atoms with Crippen LogP contribution in [0.15, 0.2) is 58.4 Å². The number of pyridine rings is 2. The summed E-state index contributed by atoms with van der Waals surface area (Å²) in [6, 6.07) is 12.8. The van der Waals surface area contributed by atoms with Gasteiger partial charge in [-0.3, -0.25) is 19.2 Å². The number of nitrogens with one attached hydrogen (secondary N) is 1. The number of aryl methyl sites for hydroxylation is 6. The molecule has 0 saturated heterocycles. The molecule has 0 unspecified atom stereocenters. The van der Waals surface area contributed by atoms with Gasteiger partial charge in [-0.25, -0.2) is 0 Å². The predicted octanol–water partition coefficient (Wildman–Crippen LogP) is 6.16. The summed E-state index contributed by atoms with van der Waals surface area (Å²) in [6.45, 7) is 3.68. The van der Waals surface area contributed by atoms with E-state index in [0.29, 0.717) is 48.8 Å². The van der Waals surface area contributed by atoms with Gasteiger partial charge < -0.3 is 20.2 Å². The number of anilines is 2. The summed E-state index contributed by atoms with van der Waals surface area (Å²) in [5.74, 6) is 0.583. The molecule has 3 aliphatic rings. The number of carbonyl (C=O) groups excluding carboxylic acids is 2. The average molecular weight is 647 g/mol. The van der Waals surface area contributed by atoms with Crippen molar-refractivity contribution in [3.05, 3.63) is 103 Å². The monoisotopic (exact) mass is 646 g/mol. The zero-order valence-corrected chi connectivity index (χ0v) is 28.6. The van der Waals surface area contributed by atoms with Crippen LogP contribution in [0, 0.1) is 13.8 Å². The van der Waals surface area contributed by atoms with Gasteiger partial charge in [0.2, 0.25) is 0 Å². The van der Waals surface area contributed by atoms with Gasteiger partial charge in [-0.1, -0.05) is 31.4 Å². The van der Waals surface area contributed by atoms with Gasteiger partial charge in [-0.15, -0.1) is 0 Å². The van der Waals surface area contributed by atoms with Crippen LogP contribution in [-0.4, -0.2) is 26.7 Å². The average Bonchev–Trinajstić information content (AvgIpc) is 3.06. The van der Waals surface area contributed by atoms with E-state index in [-0.39, 0.29) is 16.9 Å². The van der Waals surface area contributed by atoms with Gasteiger partial charge in [0.25, 0.3) is 11.1 Å². The van der Waals surface area contributed by atoms with E-state index in [0.717, 1.165) is 57.5 Å². The van der Waals surface area contributed by atoms with Crippen LogP contribution in [0.5, 0.6) is 0 Å². The summed E-state index contributed by atoms with van der Waals surface area (Å²) < 4.78 is 3.24. The van der Waals surface area contributed by atoms with E-state index in [4.69, 9.17) is 5.73 Å². The molecule has 8 heteroatoms. The van der Waals surface area contributed by atoms with Crippen LogP contribution in [-0.2, 0) is 49.4 Å². The third kappa shape index (κ3) is 7.08. The van der Waals surface area contributed by atoms with Crippen LogP contribution in [0.2, 0.25) is 0 Å². The molecule has 1 saturated carbocycles. The maximum atomic E-state index is 12.1.